The van der Waals surface area contributed by atoms with Crippen molar-refractivity contribution in [2.24, 2.45) is 34.5 Å². The van der Waals surface area contributed by atoms with Gasteiger partial charge in [0.1, 0.15) is 0 Å². The van der Waals surface area contributed by atoms with Crippen LogP contribution < -0.4 is 0 Å². The molecule has 0 radical (unpaired) electrons. The molecule has 4 atom stereocenters. The van der Waals surface area contributed by atoms with Gasteiger partial charge in [-0.1, -0.05) is 54.9 Å². The van der Waals surface area contributed by atoms with E-state index in [0.717, 1.165) is 0 Å². The van der Waals surface area contributed by atoms with Crippen LogP contribution in [0.2, 0.25) is 0 Å². The highest BCUT2D eigenvalue weighted by atomic mass is 16.3. The van der Waals surface area contributed by atoms with Crippen molar-refractivity contribution in [1.29, 1.82) is 0 Å². The molecule has 0 aromatic heterocycles. The molecule has 0 aromatic carbocycles. The van der Waals surface area contributed by atoms with Gasteiger partial charge in [0.2, 0.25) is 0 Å². The molecule has 1 aliphatic carbocycles. The molecule has 0 aromatic rings. The van der Waals surface area contributed by atoms with Crippen molar-refractivity contribution in [3.05, 3.63) is 0 Å². The van der Waals surface area contributed by atoms with E-state index in [1.54, 1.807) is 0 Å². The summed E-state index contributed by atoms with van der Waals surface area (Å²) in [5.41, 5.74) is 0.676. The summed E-state index contributed by atoms with van der Waals surface area (Å²) in [7, 11) is 0. The van der Waals surface area contributed by atoms with E-state index < -0.39 is 0 Å². The second-order valence-corrected chi connectivity index (χ2v) is 8.58. The third kappa shape index (κ3) is 3.50. The standard InChI is InChI=1S/C17H34O/c1-12(16(2,3)4)15(17(5,6)7)14-10-8-9-13(14)11-18/h12-15,18H,8-11H2,1-7H3. The molecule has 4 unspecified atom stereocenters. The summed E-state index contributed by atoms with van der Waals surface area (Å²) in [5, 5.41) is 9.64. The Morgan fingerprint density at radius 3 is 1.94 bits per heavy atom. The third-order valence-electron chi connectivity index (χ3n) is 5.32. The van der Waals surface area contributed by atoms with E-state index in [4.69, 9.17) is 0 Å². The second kappa shape index (κ2) is 5.53. The van der Waals surface area contributed by atoms with Gasteiger partial charge in [0, 0.05) is 6.61 Å². The topological polar surface area (TPSA) is 20.2 Å². The molecule has 0 spiro atoms. The minimum atomic E-state index is 0.328. The summed E-state index contributed by atoms with van der Waals surface area (Å²) in [6, 6.07) is 0. The molecule has 0 heterocycles. The summed E-state index contributed by atoms with van der Waals surface area (Å²) >= 11 is 0. The monoisotopic (exact) mass is 254 g/mol. The Bertz CT molecular complexity index is 256. The van der Waals surface area contributed by atoms with Crippen LogP contribution in [0.4, 0.5) is 0 Å². The average molecular weight is 254 g/mol. The maximum absolute atomic E-state index is 9.64. The van der Waals surface area contributed by atoms with Crippen LogP contribution in [0.1, 0.15) is 67.7 Å². The molecule has 0 amide bonds. The largest absolute Gasteiger partial charge is 0.396 e. The molecular weight excluding hydrogens is 220 g/mol. The van der Waals surface area contributed by atoms with Crippen LogP contribution in [0.25, 0.3) is 0 Å². The number of aliphatic hydroxyl groups excluding tert-OH is 1. The molecule has 108 valence electrons. The number of hydrogen-bond donors (Lipinski definition) is 1. The first-order valence-electron chi connectivity index (χ1n) is 7.70. The normalized spacial score (nSPS) is 29.3. The van der Waals surface area contributed by atoms with Crippen LogP contribution in [-0.4, -0.2) is 11.7 Å². The van der Waals surface area contributed by atoms with Crippen LogP contribution in [0.3, 0.4) is 0 Å². The number of aliphatic hydroxyl groups is 1. The summed E-state index contributed by atoms with van der Waals surface area (Å²) in [5.74, 6) is 2.65. The highest BCUT2D eigenvalue weighted by molar-refractivity contribution is 4.93. The first-order chi connectivity index (χ1) is 8.09. The summed E-state index contributed by atoms with van der Waals surface area (Å²) in [4.78, 5) is 0. The molecule has 1 aliphatic rings. The maximum atomic E-state index is 9.64. The predicted molar refractivity (Wildman–Crippen MR) is 79.5 cm³/mol. The van der Waals surface area contributed by atoms with Gasteiger partial charge in [-0.25, -0.2) is 0 Å². The highest BCUT2D eigenvalue weighted by Gasteiger charge is 2.44. The Morgan fingerprint density at radius 2 is 1.56 bits per heavy atom. The van der Waals surface area contributed by atoms with E-state index in [2.05, 4.69) is 48.5 Å². The first-order valence-corrected chi connectivity index (χ1v) is 7.70. The number of rotatable bonds is 3. The van der Waals surface area contributed by atoms with E-state index >= 15 is 0 Å². The van der Waals surface area contributed by atoms with Crippen molar-refractivity contribution >= 4 is 0 Å². The van der Waals surface area contributed by atoms with Crippen LogP contribution in [0, 0.1) is 34.5 Å². The zero-order valence-corrected chi connectivity index (χ0v) is 13.6. The fourth-order valence-electron chi connectivity index (χ4n) is 4.07. The highest BCUT2D eigenvalue weighted by Crippen LogP contribution is 2.51. The lowest BCUT2D eigenvalue weighted by molar-refractivity contribution is 0.00937. The van der Waals surface area contributed by atoms with Gasteiger partial charge in [-0.05, 0) is 47.3 Å². The van der Waals surface area contributed by atoms with Crippen molar-refractivity contribution in [3.8, 4) is 0 Å². The fourth-order valence-corrected chi connectivity index (χ4v) is 4.07. The Morgan fingerprint density at radius 1 is 1.00 bits per heavy atom. The Hall–Kier alpha value is -0.0400. The van der Waals surface area contributed by atoms with Crippen LogP contribution >= 0.6 is 0 Å². The summed E-state index contributed by atoms with van der Waals surface area (Å²) < 4.78 is 0. The van der Waals surface area contributed by atoms with Gasteiger partial charge in [0.25, 0.3) is 0 Å². The molecule has 1 N–H and O–H groups in total. The lowest BCUT2D eigenvalue weighted by Crippen LogP contribution is -2.41. The molecule has 1 heteroatoms. The zero-order chi connectivity index (χ0) is 14.1. The van der Waals surface area contributed by atoms with Crippen molar-refractivity contribution in [2.75, 3.05) is 6.61 Å². The second-order valence-electron chi connectivity index (χ2n) is 8.58. The first kappa shape index (κ1) is 16.0. The van der Waals surface area contributed by atoms with Gasteiger partial charge in [0.15, 0.2) is 0 Å². The van der Waals surface area contributed by atoms with Gasteiger partial charge < -0.3 is 5.11 Å². The number of hydrogen-bond acceptors (Lipinski definition) is 1. The molecule has 18 heavy (non-hydrogen) atoms. The molecule has 0 saturated heterocycles. The van der Waals surface area contributed by atoms with Gasteiger partial charge in [-0.2, -0.15) is 0 Å². The molecule has 1 rings (SSSR count). The summed E-state index contributed by atoms with van der Waals surface area (Å²) in [6.07, 6.45) is 3.84. The van der Waals surface area contributed by atoms with E-state index in [1.165, 1.54) is 19.3 Å². The average Bonchev–Trinajstić information content (AvgIpc) is 2.62. The third-order valence-corrected chi connectivity index (χ3v) is 5.32. The molecule has 0 aliphatic heterocycles. The fraction of sp³-hybridized carbons (Fsp3) is 1.00. The zero-order valence-electron chi connectivity index (χ0n) is 13.6. The van der Waals surface area contributed by atoms with Gasteiger partial charge in [0.05, 0.1) is 0 Å². The van der Waals surface area contributed by atoms with Crippen molar-refractivity contribution < 1.29 is 5.11 Å². The Balaban J connectivity index is 2.99. The van der Waals surface area contributed by atoms with Gasteiger partial charge in [-0.15, -0.1) is 0 Å². The lowest BCUT2D eigenvalue weighted by Gasteiger charge is -2.46. The Kier molecular flexibility index (Phi) is 4.92. The minimum Gasteiger partial charge on any atom is -0.396 e. The van der Waals surface area contributed by atoms with Crippen molar-refractivity contribution in [2.45, 2.75) is 67.7 Å². The van der Waals surface area contributed by atoms with E-state index in [9.17, 15) is 5.11 Å². The lowest BCUT2D eigenvalue weighted by atomic mass is 9.59. The molecule has 0 bridgehead atoms. The van der Waals surface area contributed by atoms with Crippen molar-refractivity contribution in [3.63, 3.8) is 0 Å². The minimum absolute atomic E-state index is 0.328. The van der Waals surface area contributed by atoms with Gasteiger partial charge >= 0.3 is 0 Å². The van der Waals surface area contributed by atoms with Crippen LogP contribution in [-0.2, 0) is 0 Å². The smallest absolute Gasteiger partial charge is 0.0462 e. The van der Waals surface area contributed by atoms with E-state index in [0.29, 0.717) is 41.1 Å². The van der Waals surface area contributed by atoms with E-state index in [-0.39, 0.29) is 0 Å². The molecule has 1 saturated carbocycles. The quantitative estimate of drug-likeness (QED) is 0.771. The summed E-state index contributed by atoms with van der Waals surface area (Å²) in [6.45, 7) is 17.0. The Labute approximate surface area is 114 Å². The van der Waals surface area contributed by atoms with Crippen LogP contribution in [0.15, 0.2) is 0 Å². The SMILES string of the molecule is CC(C(C1CCCC1CO)C(C)(C)C)C(C)(C)C. The van der Waals surface area contributed by atoms with Crippen molar-refractivity contribution in [1.82, 2.24) is 0 Å². The maximum Gasteiger partial charge on any atom is 0.0462 e. The molecule has 1 nitrogen and oxygen atoms in total. The van der Waals surface area contributed by atoms with E-state index in [1.807, 2.05) is 0 Å². The molecular formula is C17H34O. The predicted octanol–water partition coefficient (Wildman–Crippen LogP) is 4.74. The van der Waals surface area contributed by atoms with Crippen LogP contribution in [0.5, 0.6) is 0 Å². The molecule has 1 fully saturated rings. The van der Waals surface area contributed by atoms with Gasteiger partial charge in [-0.3, -0.25) is 0 Å².